The van der Waals surface area contributed by atoms with Gasteiger partial charge in [-0.1, -0.05) is 109 Å². The molecule has 158 valence electrons. The number of benzene rings is 4. The summed E-state index contributed by atoms with van der Waals surface area (Å²) in [6.45, 7) is 6.11. The minimum Gasteiger partial charge on any atom is -0.135 e. The van der Waals surface area contributed by atoms with Crippen LogP contribution in [0, 0.1) is 0 Å². The molecule has 0 bridgehead atoms. The number of hydrogen-bond acceptors (Lipinski definition) is 1. The first kappa shape index (κ1) is 20.0. The van der Waals surface area contributed by atoms with Crippen molar-refractivity contribution >= 4 is 31.5 Å². The highest BCUT2D eigenvalue weighted by atomic mass is 32.1. The van der Waals surface area contributed by atoms with Crippen molar-refractivity contribution in [2.24, 2.45) is 0 Å². The number of hydrogen-bond donors (Lipinski definition) is 0. The molecule has 5 aromatic rings. The predicted octanol–water partition coefficient (Wildman–Crippen LogP) is 9.06. The van der Waals surface area contributed by atoms with Crippen LogP contribution in [0.5, 0.6) is 0 Å². The lowest BCUT2D eigenvalue weighted by atomic mass is 9.67. The van der Waals surface area contributed by atoms with Gasteiger partial charge in [0, 0.05) is 20.2 Å². The Morgan fingerprint density at radius 1 is 0.727 bits per heavy atom. The zero-order valence-corrected chi connectivity index (χ0v) is 19.4. The lowest BCUT2D eigenvalue weighted by Crippen LogP contribution is -2.28. The monoisotopic (exact) mass is 440 g/mol. The van der Waals surface area contributed by atoms with Gasteiger partial charge in [0.25, 0.3) is 0 Å². The van der Waals surface area contributed by atoms with Gasteiger partial charge in [0.05, 0.1) is 5.41 Å². The maximum absolute atomic E-state index is 3.84. The van der Waals surface area contributed by atoms with Gasteiger partial charge < -0.3 is 0 Å². The van der Waals surface area contributed by atoms with Crippen LogP contribution in [0.15, 0.2) is 127 Å². The van der Waals surface area contributed by atoms with Crippen molar-refractivity contribution in [2.45, 2.75) is 12.3 Å². The van der Waals surface area contributed by atoms with E-state index in [9.17, 15) is 0 Å². The van der Waals surface area contributed by atoms with Crippen molar-refractivity contribution in [3.05, 3.63) is 144 Å². The van der Waals surface area contributed by atoms with Crippen LogP contribution in [-0.4, -0.2) is 0 Å². The fraction of sp³-hybridized carbons (Fsp3) is 0.0625. The topological polar surface area (TPSA) is 0 Å². The fourth-order valence-corrected chi connectivity index (χ4v) is 6.68. The third-order valence-corrected chi connectivity index (χ3v) is 8.07. The molecule has 0 fully saturated rings. The van der Waals surface area contributed by atoms with E-state index < -0.39 is 0 Å². The van der Waals surface area contributed by atoms with Crippen molar-refractivity contribution in [1.82, 2.24) is 0 Å². The summed E-state index contributed by atoms with van der Waals surface area (Å²) in [6.07, 6.45) is 8.18. The van der Waals surface area contributed by atoms with Gasteiger partial charge in [0.1, 0.15) is 0 Å². The lowest BCUT2D eigenvalue weighted by Gasteiger charge is -2.34. The number of allylic oxidation sites excluding steroid dienone is 5. The Kier molecular flexibility index (Phi) is 4.67. The second kappa shape index (κ2) is 7.72. The second-order valence-electron chi connectivity index (χ2n) is 8.62. The average Bonchev–Trinajstić information content (AvgIpc) is 3.37. The molecule has 4 aromatic carbocycles. The largest absolute Gasteiger partial charge is 0.135 e. The van der Waals surface area contributed by atoms with E-state index in [0.717, 1.165) is 0 Å². The lowest BCUT2D eigenvalue weighted by molar-refractivity contribution is 0.747. The fourth-order valence-electron chi connectivity index (χ4n) is 5.55. The Morgan fingerprint density at radius 3 is 2.33 bits per heavy atom. The van der Waals surface area contributed by atoms with E-state index in [1.807, 2.05) is 23.5 Å². The van der Waals surface area contributed by atoms with Crippen molar-refractivity contribution in [1.29, 1.82) is 0 Å². The highest BCUT2D eigenvalue weighted by Crippen LogP contribution is 2.57. The van der Waals surface area contributed by atoms with E-state index in [1.165, 1.54) is 53.6 Å². The predicted molar refractivity (Wildman–Crippen MR) is 144 cm³/mol. The van der Waals surface area contributed by atoms with Gasteiger partial charge in [-0.3, -0.25) is 0 Å². The van der Waals surface area contributed by atoms with Gasteiger partial charge >= 0.3 is 0 Å². The number of thiophene rings is 1. The molecule has 6 rings (SSSR count). The number of rotatable bonds is 4. The Balaban J connectivity index is 1.78. The molecule has 0 aliphatic heterocycles. The van der Waals surface area contributed by atoms with E-state index in [0.29, 0.717) is 0 Å². The smallest absolute Gasteiger partial charge is 0.0674 e. The summed E-state index contributed by atoms with van der Waals surface area (Å²) in [7, 11) is 0. The molecule has 1 aromatic heterocycles. The van der Waals surface area contributed by atoms with Gasteiger partial charge in [0.2, 0.25) is 0 Å². The summed E-state index contributed by atoms with van der Waals surface area (Å²) in [6, 6.07) is 33.5. The molecule has 1 heteroatoms. The minimum absolute atomic E-state index is 0.337. The Hall–Kier alpha value is -3.68. The molecule has 0 nitrogen and oxygen atoms in total. The van der Waals surface area contributed by atoms with Gasteiger partial charge in [-0.05, 0) is 52.9 Å². The normalized spacial score (nSPS) is 17.5. The van der Waals surface area contributed by atoms with Crippen molar-refractivity contribution < 1.29 is 0 Å². The third kappa shape index (κ3) is 2.83. The Morgan fingerprint density at radius 2 is 1.48 bits per heavy atom. The summed E-state index contributed by atoms with van der Waals surface area (Å²) in [5.74, 6) is 0. The zero-order valence-electron chi connectivity index (χ0n) is 18.6. The van der Waals surface area contributed by atoms with Crippen LogP contribution in [0.3, 0.4) is 0 Å². The number of fused-ring (bicyclic) bond motifs is 6. The highest BCUT2D eigenvalue weighted by Gasteiger charge is 2.46. The van der Waals surface area contributed by atoms with Crippen LogP contribution in [0.2, 0.25) is 0 Å². The van der Waals surface area contributed by atoms with Crippen molar-refractivity contribution in [2.75, 3.05) is 0 Å². The maximum atomic E-state index is 3.84. The Labute approximate surface area is 198 Å². The molecule has 0 radical (unpaired) electrons. The van der Waals surface area contributed by atoms with Gasteiger partial charge in [-0.2, -0.15) is 0 Å². The summed E-state index contributed by atoms with van der Waals surface area (Å²) >= 11 is 1.89. The highest BCUT2D eigenvalue weighted by molar-refractivity contribution is 7.25. The first-order chi connectivity index (χ1) is 16.2. The van der Waals surface area contributed by atoms with E-state index in [2.05, 4.69) is 117 Å². The van der Waals surface area contributed by atoms with Crippen LogP contribution in [0.4, 0.5) is 0 Å². The van der Waals surface area contributed by atoms with Crippen LogP contribution < -0.4 is 0 Å². The standard InChI is InChI=1S/C32H24S/c1-3-4-6-13-22(2)32(23-14-7-5-8-15-23)28-18-11-9-16-24(28)26-21-31-27(20-29(26)32)25-17-10-12-19-30(25)33-31/h3-21H,1H2,2H3/b6-4-,22-13+. The van der Waals surface area contributed by atoms with Crippen molar-refractivity contribution in [3.8, 4) is 11.1 Å². The van der Waals surface area contributed by atoms with Crippen LogP contribution in [0.25, 0.3) is 31.3 Å². The van der Waals surface area contributed by atoms with Crippen LogP contribution in [-0.2, 0) is 5.41 Å². The summed E-state index contributed by atoms with van der Waals surface area (Å²) in [5.41, 5.74) is 7.66. The van der Waals surface area contributed by atoms with E-state index in [-0.39, 0.29) is 5.41 Å². The Bertz CT molecular complexity index is 1580. The molecule has 0 N–H and O–H groups in total. The molecule has 0 saturated carbocycles. The first-order valence-corrected chi connectivity index (χ1v) is 12.1. The average molecular weight is 441 g/mol. The zero-order chi connectivity index (χ0) is 22.4. The quantitative estimate of drug-likeness (QED) is 0.244. The van der Waals surface area contributed by atoms with E-state index >= 15 is 0 Å². The summed E-state index contributed by atoms with van der Waals surface area (Å²) in [4.78, 5) is 0. The SMILES string of the molecule is C=C/C=C\C=C(/C)C1(c2ccccc2)c2ccccc2-c2cc3sc4ccccc4c3cc21. The van der Waals surface area contributed by atoms with Gasteiger partial charge in [-0.15, -0.1) is 11.3 Å². The van der Waals surface area contributed by atoms with Crippen LogP contribution in [0.1, 0.15) is 23.6 Å². The van der Waals surface area contributed by atoms with Gasteiger partial charge in [-0.25, -0.2) is 0 Å². The molecule has 0 saturated heterocycles. The molecule has 1 unspecified atom stereocenters. The molecule has 1 aliphatic carbocycles. The van der Waals surface area contributed by atoms with Crippen LogP contribution >= 0.6 is 11.3 Å². The first-order valence-electron chi connectivity index (χ1n) is 11.3. The van der Waals surface area contributed by atoms with Gasteiger partial charge in [0.15, 0.2) is 0 Å². The summed E-state index contributed by atoms with van der Waals surface area (Å²) < 4.78 is 2.69. The molecule has 1 heterocycles. The van der Waals surface area contributed by atoms with Crippen molar-refractivity contribution in [3.63, 3.8) is 0 Å². The molecule has 0 spiro atoms. The molecule has 1 atom stereocenters. The maximum Gasteiger partial charge on any atom is 0.0674 e. The molecule has 33 heavy (non-hydrogen) atoms. The molecular weight excluding hydrogens is 416 g/mol. The van der Waals surface area contributed by atoms with E-state index in [1.54, 1.807) is 0 Å². The minimum atomic E-state index is -0.337. The van der Waals surface area contributed by atoms with E-state index in [4.69, 9.17) is 0 Å². The summed E-state index contributed by atoms with van der Waals surface area (Å²) in [5, 5.41) is 2.68. The molecule has 0 amide bonds. The molecule has 1 aliphatic rings. The molecular formula is C32H24S. The second-order valence-corrected chi connectivity index (χ2v) is 9.71. The third-order valence-electron chi connectivity index (χ3n) is 6.93.